The van der Waals surface area contributed by atoms with Crippen LogP contribution in [0, 0.1) is 11.6 Å². The SMILES string of the molecule is CC(C)S(=O)(=O)c1ccccc1-n1nccc1N/N=C/c1ccc(F)cc1F. The molecule has 0 saturated carbocycles. The molecule has 0 radical (unpaired) electrons. The molecular weight excluding hydrogens is 386 g/mol. The second kappa shape index (κ2) is 7.89. The van der Waals surface area contributed by atoms with Crippen LogP contribution >= 0.6 is 0 Å². The Bertz CT molecular complexity index is 1120. The first-order valence-corrected chi connectivity index (χ1v) is 9.97. The van der Waals surface area contributed by atoms with Crippen molar-refractivity contribution in [1.29, 1.82) is 0 Å². The molecule has 1 heterocycles. The minimum atomic E-state index is -3.54. The predicted octanol–water partition coefficient (Wildman–Crippen LogP) is 3.78. The van der Waals surface area contributed by atoms with Crippen molar-refractivity contribution in [1.82, 2.24) is 9.78 Å². The van der Waals surface area contributed by atoms with Crippen molar-refractivity contribution in [2.75, 3.05) is 5.43 Å². The zero-order valence-electron chi connectivity index (χ0n) is 15.2. The van der Waals surface area contributed by atoms with Crippen molar-refractivity contribution in [2.24, 2.45) is 5.10 Å². The Kier molecular flexibility index (Phi) is 5.55. The summed E-state index contributed by atoms with van der Waals surface area (Å²) >= 11 is 0. The molecule has 0 spiro atoms. The van der Waals surface area contributed by atoms with E-state index in [1.54, 1.807) is 38.1 Å². The van der Waals surface area contributed by atoms with Gasteiger partial charge in [-0.3, -0.25) is 5.43 Å². The minimum Gasteiger partial charge on any atom is -0.261 e. The summed E-state index contributed by atoms with van der Waals surface area (Å²) in [4.78, 5) is 0.144. The number of para-hydroxylation sites is 1. The number of hydrogen-bond acceptors (Lipinski definition) is 5. The molecular formula is C19H18F2N4O2S. The van der Waals surface area contributed by atoms with E-state index >= 15 is 0 Å². The van der Waals surface area contributed by atoms with E-state index in [9.17, 15) is 17.2 Å². The van der Waals surface area contributed by atoms with Gasteiger partial charge in [0.15, 0.2) is 9.84 Å². The van der Waals surface area contributed by atoms with Crippen LogP contribution in [0.1, 0.15) is 19.4 Å². The number of rotatable bonds is 6. The van der Waals surface area contributed by atoms with Crippen LogP contribution in [0.3, 0.4) is 0 Å². The number of aromatic nitrogens is 2. The molecule has 9 heteroatoms. The van der Waals surface area contributed by atoms with Crippen molar-refractivity contribution in [3.05, 3.63) is 71.9 Å². The van der Waals surface area contributed by atoms with Crippen LogP contribution in [0.15, 0.2) is 64.7 Å². The lowest BCUT2D eigenvalue weighted by Gasteiger charge is -2.14. The van der Waals surface area contributed by atoms with Gasteiger partial charge in [0.2, 0.25) is 0 Å². The Morgan fingerprint density at radius 2 is 1.89 bits per heavy atom. The quantitative estimate of drug-likeness (QED) is 0.501. The second-order valence-corrected chi connectivity index (χ2v) is 8.70. The number of nitrogens with zero attached hydrogens (tertiary/aromatic N) is 3. The molecule has 0 aliphatic rings. The van der Waals surface area contributed by atoms with Crippen molar-refractivity contribution < 1.29 is 17.2 Å². The molecule has 1 aromatic heterocycles. The fourth-order valence-electron chi connectivity index (χ4n) is 2.48. The number of hydrogen-bond donors (Lipinski definition) is 1. The number of halogens is 2. The Morgan fingerprint density at radius 1 is 1.14 bits per heavy atom. The Labute approximate surface area is 161 Å². The van der Waals surface area contributed by atoms with E-state index < -0.39 is 26.7 Å². The van der Waals surface area contributed by atoms with Gasteiger partial charge in [0.05, 0.1) is 28.2 Å². The zero-order chi connectivity index (χ0) is 20.3. The predicted molar refractivity (Wildman–Crippen MR) is 103 cm³/mol. The molecule has 3 aromatic rings. The highest BCUT2D eigenvalue weighted by Crippen LogP contribution is 2.25. The van der Waals surface area contributed by atoms with Crippen molar-refractivity contribution in [3.8, 4) is 5.69 Å². The highest BCUT2D eigenvalue weighted by Gasteiger charge is 2.24. The van der Waals surface area contributed by atoms with E-state index in [-0.39, 0.29) is 10.5 Å². The van der Waals surface area contributed by atoms with E-state index in [2.05, 4.69) is 15.6 Å². The minimum absolute atomic E-state index is 0.0998. The van der Waals surface area contributed by atoms with Crippen LogP contribution in [0.4, 0.5) is 14.6 Å². The number of nitrogens with one attached hydrogen (secondary N) is 1. The van der Waals surface area contributed by atoms with E-state index in [1.807, 2.05) is 0 Å². The summed E-state index contributed by atoms with van der Waals surface area (Å²) in [5.41, 5.74) is 3.17. The molecule has 0 bridgehead atoms. The Morgan fingerprint density at radius 3 is 2.61 bits per heavy atom. The third kappa shape index (κ3) is 3.94. The maximum absolute atomic E-state index is 13.7. The standard InChI is InChI=1S/C19H18F2N4O2S/c1-13(2)28(26,27)18-6-4-3-5-17(18)25-19(9-10-23-25)24-22-12-14-7-8-15(20)11-16(14)21/h3-13,24H,1-2H3/b22-12+. The first-order valence-electron chi connectivity index (χ1n) is 8.42. The fraction of sp³-hybridized carbons (Fsp3) is 0.158. The third-order valence-corrected chi connectivity index (χ3v) is 6.21. The summed E-state index contributed by atoms with van der Waals surface area (Å²) in [5, 5.41) is 7.51. The van der Waals surface area contributed by atoms with E-state index in [0.717, 1.165) is 12.1 Å². The van der Waals surface area contributed by atoms with Gasteiger partial charge in [-0.2, -0.15) is 10.2 Å². The molecule has 3 rings (SSSR count). The van der Waals surface area contributed by atoms with Gasteiger partial charge in [-0.05, 0) is 38.1 Å². The average molecular weight is 404 g/mol. The fourth-order valence-corrected chi connectivity index (χ4v) is 3.70. The van der Waals surface area contributed by atoms with Crippen molar-refractivity contribution >= 4 is 21.9 Å². The van der Waals surface area contributed by atoms with Gasteiger partial charge in [0.1, 0.15) is 17.5 Å². The molecule has 2 aromatic carbocycles. The largest absolute Gasteiger partial charge is 0.261 e. The van der Waals surface area contributed by atoms with Crippen LogP contribution < -0.4 is 5.43 Å². The maximum Gasteiger partial charge on any atom is 0.182 e. The molecule has 0 aliphatic heterocycles. The number of sulfone groups is 1. The number of benzene rings is 2. The summed E-state index contributed by atoms with van der Waals surface area (Å²) in [6.45, 7) is 3.21. The summed E-state index contributed by atoms with van der Waals surface area (Å²) in [5.74, 6) is -1.04. The lowest BCUT2D eigenvalue weighted by atomic mass is 10.2. The highest BCUT2D eigenvalue weighted by atomic mass is 32.2. The van der Waals surface area contributed by atoms with Gasteiger partial charge in [0.25, 0.3) is 0 Å². The molecule has 0 fully saturated rings. The van der Waals surface area contributed by atoms with Gasteiger partial charge in [-0.15, -0.1) is 0 Å². The molecule has 0 unspecified atom stereocenters. The Balaban J connectivity index is 1.92. The van der Waals surface area contributed by atoms with Crippen LogP contribution in [-0.2, 0) is 9.84 Å². The smallest absolute Gasteiger partial charge is 0.182 e. The number of hydrazone groups is 1. The van der Waals surface area contributed by atoms with Gasteiger partial charge in [-0.25, -0.2) is 21.9 Å². The van der Waals surface area contributed by atoms with Gasteiger partial charge >= 0.3 is 0 Å². The van der Waals surface area contributed by atoms with Crippen LogP contribution in [-0.4, -0.2) is 29.7 Å². The van der Waals surface area contributed by atoms with Gasteiger partial charge < -0.3 is 0 Å². The van der Waals surface area contributed by atoms with E-state index in [4.69, 9.17) is 0 Å². The first kappa shape index (κ1) is 19.7. The molecule has 146 valence electrons. The number of anilines is 1. The van der Waals surface area contributed by atoms with Gasteiger partial charge in [0, 0.05) is 17.7 Å². The zero-order valence-corrected chi connectivity index (χ0v) is 16.0. The normalized spacial score (nSPS) is 12.0. The summed E-state index contributed by atoms with van der Waals surface area (Å²) in [6.07, 6.45) is 2.68. The lowest BCUT2D eigenvalue weighted by molar-refractivity contribution is 0.582. The summed E-state index contributed by atoms with van der Waals surface area (Å²) in [6, 6.07) is 11.3. The van der Waals surface area contributed by atoms with E-state index in [0.29, 0.717) is 11.5 Å². The first-order chi connectivity index (χ1) is 13.3. The van der Waals surface area contributed by atoms with Gasteiger partial charge in [-0.1, -0.05) is 12.1 Å². The van der Waals surface area contributed by atoms with Crippen LogP contribution in [0.5, 0.6) is 0 Å². The maximum atomic E-state index is 13.7. The lowest BCUT2D eigenvalue weighted by Crippen LogP contribution is -2.17. The molecule has 0 atom stereocenters. The molecule has 28 heavy (non-hydrogen) atoms. The highest BCUT2D eigenvalue weighted by molar-refractivity contribution is 7.92. The summed E-state index contributed by atoms with van der Waals surface area (Å²) in [7, 11) is -3.54. The molecule has 6 nitrogen and oxygen atoms in total. The molecule has 1 N–H and O–H groups in total. The van der Waals surface area contributed by atoms with E-state index in [1.165, 1.54) is 29.2 Å². The monoisotopic (exact) mass is 404 g/mol. The van der Waals surface area contributed by atoms with Crippen molar-refractivity contribution in [2.45, 2.75) is 24.0 Å². The van der Waals surface area contributed by atoms with Crippen LogP contribution in [0.2, 0.25) is 0 Å². The van der Waals surface area contributed by atoms with Crippen LogP contribution in [0.25, 0.3) is 5.69 Å². The third-order valence-electron chi connectivity index (χ3n) is 4.01. The van der Waals surface area contributed by atoms with Crippen molar-refractivity contribution in [3.63, 3.8) is 0 Å². The summed E-state index contributed by atoms with van der Waals surface area (Å²) < 4.78 is 53.4. The molecule has 0 saturated heterocycles. The second-order valence-electron chi connectivity index (χ2n) is 6.23. The Hall–Kier alpha value is -3.07. The average Bonchev–Trinajstić information content (AvgIpc) is 3.11. The molecule has 0 amide bonds. The topological polar surface area (TPSA) is 76.3 Å². The molecule has 0 aliphatic carbocycles.